The zero-order chi connectivity index (χ0) is 24.8. The van der Waals surface area contributed by atoms with E-state index in [2.05, 4.69) is 60.0 Å². The Morgan fingerprint density at radius 1 is 0.889 bits per heavy atom. The summed E-state index contributed by atoms with van der Waals surface area (Å²) in [6, 6.07) is 30.1. The molecule has 1 aliphatic rings. The Bertz CT molecular complexity index is 1850. The van der Waals surface area contributed by atoms with Gasteiger partial charge in [-0.25, -0.2) is 0 Å². The highest BCUT2D eigenvalue weighted by atomic mass is 32.1. The Labute approximate surface area is 212 Å². The molecule has 5 aromatic rings. The van der Waals surface area contributed by atoms with Gasteiger partial charge in [0.25, 0.3) is 0 Å². The van der Waals surface area contributed by atoms with Crippen LogP contribution in [0.15, 0.2) is 90.0 Å². The van der Waals surface area contributed by atoms with Gasteiger partial charge in [0.05, 0.1) is 0 Å². The number of allylic oxidation sites excluding steroid dienone is 3. The van der Waals surface area contributed by atoms with Gasteiger partial charge in [0, 0.05) is 54.8 Å². The second-order valence-electron chi connectivity index (χ2n) is 8.60. The molecule has 0 radical (unpaired) electrons. The van der Waals surface area contributed by atoms with Gasteiger partial charge in [-0.05, 0) is 54.5 Å². The fourth-order valence-corrected chi connectivity index (χ4v) is 6.07. The first-order valence-electron chi connectivity index (χ1n) is 11.7. The molecule has 0 N–H and O–H groups in total. The molecule has 36 heavy (non-hydrogen) atoms. The van der Waals surface area contributed by atoms with Crippen LogP contribution in [0.3, 0.4) is 0 Å². The van der Waals surface area contributed by atoms with E-state index in [0.29, 0.717) is 22.3 Å². The molecule has 0 saturated heterocycles. The standard InChI is InChI=1S/C31H19N3OS/c1-2-34-27-10-6-5-7-22(27)25-15-19(11-13-28(25)34)29-14-12-21(36-29)16-26-30(20(17-32)18-33)23-8-3-4-9-24(23)31(26)35/h3-16H,2H2,1H3/b26-16-. The summed E-state index contributed by atoms with van der Waals surface area (Å²) in [5, 5.41) is 21.6. The number of nitriles is 2. The number of hydrogen-bond donors (Lipinski definition) is 0. The SMILES string of the molecule is CCn1c2ccccc2c2cc(-c3ccc(/C=C4\C(=O)c5ccccc5C4=C(C#N)C#N)s3)ccc21. The van der Waals surface area contributed by atoms with E-state index < -0.39 is 0 Å². The lowest BCUT2D eigenvalue weighted by atomic mass is 9.99. The van der Waals surface area contributed by atoms with Crippen molar-refractivity contribution >= 4 is 50.6 Å². The molecule has 0 bridgehead atoms. The second-order valence-corrected chi connectivity index (χ2v) is 9.72. The molecule has 3 aromatic carbocycles. The van der Waals surface area contributed by atoms with Crippen molar-refractivity contribution in [3.63, 3.8) is 0 Å². The average Bonchev–Trinajstić information content (AvgIpc) is 3.59. The fraction of sp³-hybridized carbons (Fsp3) is 0.0645. The van der Waals surface area contributed by atoms with Crippen molar-refractivity contribution in [3.05, 3.63) is 106 Å². The first kappa shape index (κ1) is 21.8. The van der Waals surface area contributed by atoms with Crippen molar-refractivity contribution < 1.29 is 4.79 Å². The van der Waals surface area contributed by atoms with Gasteiger partial charge in [-0.2, -0.15) is 10.5 Å². The summed E-state index contributed by atoms with van der Waals surface area (Å²) in [7, 11) is 0. The van der Waals surface area contributed by atoms with Gasteiger partial charge in [0.2, 0.25) is 0 Å². The molecule has 0 saturated carbocycles. The van der Waals surface area contributed by atoms with Crippen molar-refractivity contribution in [2.75, 3.05) is 0 Å². The Morgan fingerprint density at radius 2 is 1.61 bits per heavy atom. The number of nitrogens with zero attached hydrogens (tertiary/aromatic N) is 3. The predicted molar refractivity (Wildman–Crippen MR) is 145 cm³/mol. The summed E-state index contributed by atoms with van der Waals surface area (Å²) in [4.78, 5) is 15.2. The number of ketones is 1. The molecular weight excluding hydrogens is 462 g/mol. The van der Waals surface area contributed by atoms with Crippen LogP contribution in [0, 0.1) is 22.7 Å². The van der Waals surface area contributed by atoms with E-state index in [1.54, 1.807) is 29.5 Å². The van der Waals surface area contributed by atoms with Gasteiger partial charge in [0.1, 0.15) is 17.7 Å². The summed E-state index contributed by atoms with van der Waals surface area (Å²) in [5.41, 5.74) is 5.49. The molecule has 5 heteroatoms. The topological polar surface area (TPSA) is 69.6 Å². The highest BCUT2D eigenvalue weighted by Gasteiger charge is 2.32. The average molecular weight is 482 g/mol. The largest absolute Gasteiger partial charge is 0.341 e. The molecule has 0 unspecified atom stereocenters. The van der Waals surface area contributed by atoms with Gasteiger partial charge in [0.15, 0.2) is 5.78 Å². The van der Waals surface area contributed by atoms with Crippen LogP contribution < -0.4 is 0 Å². The third-order valence-corrected chi connectivity index (χ3v) is 7.80. The number of carbonyl (C=O) groups is 1. The second kappa shape index (κ2) is 8.50. The molecule has 2 aromatic heterocycles. The minimum atomic E-state index is -0.160. The fourth-order valence-electron chi connectivity index (χ4n) is 5.12. The van der Waals surface area contributed by atoms with Gasteiger partial charge in [-0.3, -0.25) is 4.79 Å². The summed E-state index contributed by atoms with van der Waals surface area (Å²) in [6.45, 7) is 3.06. The number of thiophene rings is 1. The number of para-hydroxylation sites is 1. The number of aryl methyl sites for hydroxylation is 1. The summed E-state index contributed by atoms with van der Waals surface area (Å²) in [5.74, 6) is -0.160. The Hall–Kier alpha value is -4.71. The van der Waals surface area contributed by atoms with Gasteiger partial charge in [-0.1, -0.05) is 48.5 Å². The first-order chi connectivity index (χ1) is 17.6. The molecule has 2 heterocycles. The molecule has 0 spiro atoms. The highest BCUT2D eigenvalue weighted by molar-refractivity contribution is 7.16. The zero-order valence-electron chi connectivity index (χ0n) is 19.4. The minimum Gasteiger partial charge on any atom is -0.341 e. The lowest BCUT2D eigenvalue weighted by molar-refractivity contribution is 0.104. The summed E-state index contributed by atoms with van der Waals surface area (Å²) in [6.07, 6.45) is 1.81. The Kier molecular flexibility index (Phi) is 5.15. The van der Waals surface area contributed by atoms with Crippen molar-refractivity contribution in [3.8, 4) is 22.6 Å². The molecule has 170 valence electrons. The van der Waals surface area contributed by atoms with E-state index in [9.17, 15) is 15.3 Å². The van der Waals surface area contributed by atoms with E-state index >= 15 is 0 Å². The molecule has 1 aliphatic carbocycles. The van der Waals surface area contributed by atoms with Crippen molar-refractivity contribution in [2.24, 2.45) is 0 Å². The number of rotatable bonds is 3. The third kappa shape index (κ3) is 3.22. The highest BCUT2D eigenvalue weighted by Crippen LogP contribution is 2.41. The third-order valence-electron chi connectivity index (χ3n) is 6.72. The van der Waals surface area contributed by atoms with Crippen LogP contribution in [0.5, 0.6) is 0 Å². The number of benzene rings is 3. The van der Waals surface area contributed by atoms with E-state index in [1.807, 2.05) is 30.3 Å². The molecule has 6 rings (SSSR count). The molecule has 0 fully saturated rings. The van der Waals surface area contributed by atoms with Crippen LogP contribution in [0.1, 0.15) is 27.7 Å². The van der Waals surface area contributed by atoms with Crippen LogP contribution >= 0.6 is 11.3 Å². The van der Waals surface area contributed by atoms with E-state index in [-0.39, 0.29) is 11.4 Å². The molecule has 0 atom stereocenters. The predicted octanol–water partition coefficient (Wildman–Crippen LogP) is 7.62. The van der Waals surface area contributed by atoms with Crippen LogP contribution in [0.4, 0.5) is 0 Å². The number of carbonyl (C=O) groups excluding carboxylic acids is 1. The molecule has 0 amide bonds. The van der Waals surface area contributed by atoms with Crippen molar-refractivity contribution in [1.82, 2.24) is 4.57 Å². The van der Waals surface area contributed by atoms with Gasteiger partial charge in [-0.15, -0.1) is 11.3 Å². The number of hydrogen-bond acceptors (Lipinski definition) is 4. The van der Waals surface area contributed by atoms with E-state index in [1.165, 1.54) is 21.8 Å². The molecular formula is C31H19N3OS. The monoisotopic (exact) mass is 481 g/mol. The van der Waals surface area contributed by atoms with E-state index in [4.69, 9.17) is 0 Å². The Morgan fingerprint density at radius 3 is 2.39 bits per heavy atom. The number of Topliss-reactive ketones (excluding diaryl/α,β-unsaturated/α-hetero) is 1. The van der Waals surface area contributed by atoms with Crippen LogP contribution in [0.25, 0.3) is 43.9 Å². The maximum Gasteiger partial charge on any atom is 0.194 e. The molecule has 4 nitrogen and oxygen atoms in total. The van der Waals surface area contributed by atoms with Crippen molar-refractivity contribution in [2.45, 2.75) is 13.5 Å². The normalized spacial score (nSPS) is 13.8. The first-order valence-corrected chi connectivity index (χ1v) is 12.5. The minimum absolute atomic E-state index is 0.0471. The van der Waals surface area contributed by atoms with Crippen LogP contribution in [-0.2, 0) is 6.54 Å². The van der Waals surface area contributed by atoms with Gasteiger partial charge < -0.3 is 4.57 Å². The number of fused-ring (bicyclic) bond motifs is 4. The molecule has 0 aliphatic heterocycles. The summed E-state index contributed by atoms with van der Waals surface area (Å²) < 4.78 is 2.33. The maximum atomic E-state index is 13.2. The summed E-state index contributed by atoms with van der Waals surface area (Å²) >= 11 is 1.59. The van der Waals surface area contributed by atoms with Gasteiger partial charge >= 0.3 is 0 Å². The Balaban J connectivity index is 1.46. The lowest BCUT2D eigenvalue weighted by Crippen LogP contribution is -1.95. The van der Waals surface area contributed by atoms with Crippen LogP contribution in [0.2, 0.25) is 0 Å². The quantitative estimate of drug-likeness (QED) is 0.197. The van der Waals surface area contributed by atoms with Crippen molar-refractivity contribution in [1.29, 1.82) is 10.5 Å². The lowest BCUT2D eigenvalue weighted by Gasteiger charge is -2.03. The zero-order valence-corrected chi connectivity index (χ0v) is 20.3. The number of aromatic nitrogens is 1. The van der Waals surface area contributed by atoms with Crippen LogP contribution in [-0.4, -0.2) is 10.4 Å². The van der Waals surface area contributed by atoms with E-state index in [0.717, 1.165) is 21.9 Å². The smallest absolute Gasteiger partial charge is 0.194 e. The maximum absolute atomic E-state index is 13.2.